The lowest BCUT2D eigenvalue weighted by Gasteiger charge is -1.93. The molecule has 0 amide bonds. The Kier molecular flexibility index (Phi) is 2.64. The first-order valence-corrected chi connectivity index (χ1v) is 6.40. The van der Waals surface area contributed by atoms with Gasteiger partial charge in [-0.1, -0.05) is 0 Å². The smallest absolute Gasteiger partial charge is 0.291 e. The van der Waals surface area contributed by atoms with E-state index in [1.165, 1.54) is 0 Å². The zero-order valence-corrected chi connectivity index (χ0v) is 9.94. The fourth-order valence-corrected chi connectivity index (χ4v) is 2.36. The highest BCUT2D eigenvalue weighted by molar-refractivity contribution is 7.29. The number of aromatic amines is 2. The zero-order valence-electron chi connectivity index (χ0n) is 8.15. The van der Waals surface area contributed by atoms with Crippen molar-refractivity contribution in [2.45, 2.75) is 0 Å². The minimum absolute atomic E-state index is 0.0400. The average Bonchev–Trinajstić information content (AvgIpc) is 2.53. The Bertz CT molecular complexity index is 948. The topological polar surface area (TPSA) is 161 Å². The van der Waals surface area contributed by atoms with Crippen LogP contribution in [0.5, 0.6) is 0 Å². The second kappa shape index (κ2) is 3.90. The van der Waals surface area contributed by atoms with E-state index in [0.29, 0.717) is 0 Å². The van der Waals surface area contributed by atoms with Crippen LogP contribution in [0, 0.1) is 0 Å². The molecule has 0 aromatic carbocycles. The maximum atomic E-state index is 11.6. The van der Waals surface area contributed by atoms with Crippen molar-refractivity contribution < 1.29 is 18.3 Å². The lowest BCUT2D eigenvalue weighted by molar-refractivity contribution is 0.503. The van der Waals surface area contributed by atoms with Gasteiger partial charge in [0, 0.05) is 0 Å². The van der Waals surface area contributed by atoms with E-state index in [4.69, 9.17) is 0 Å². The van der Waals surface area contributed by atoms with Crippen LogP contribution in [0.25, 0.3) is 11.2 Å². The van der Waals surface area contributed by atoms with Crippen LogP contribution in [-0.4, -0.2) is 18.6 Å². The number of hydrogen-bond donors (Lipinski definition) is 2. The fourth-order valence-electron chi connectivity index (χ4n) is 1.37. The molecule has 2 heterocycles. The molecule has 0 fully saturated rings. The summed E-state index contributed by atoms with van der Waals surface area (Å²) in [5, 5.41) is 0. The molecule has 94 valence electrons. The van der Waals surface area contributed by atoms with Gasteiger partial charge >= 0.3 is 27.0 Å². The molecule has 0 unspecified atom stereocenters. The van der Waals surface area contributed by atoms with E-state index in [-0.39, 0.29) is 8.68 Å². The summed E-state index contributed by atoms with van der Waals surface area (Å²) < 4.78 is 42.9. The molecule has 0 saturated heterocycles. The third kappa shape index (κ3) is 1.57. The van der Waals surface area contributed by atoms with Gasteiger partial charge < -0.3 is 0 Å². The molecule has 0 aliphatic carbocycles. The number of hydrogen-bond acceptors (Lipinski definition) is 7. The molecule has 2 aromatic heterocycles. The van der Waals surface area contributed by atoms with Crippen molar-refractivity contribution in [2.24, 2.45) is 0 Å². The van der Waals surface area contributed by atoms with Crippen LogP contribution in [-0.2, 0) is 18.3 Å². The molecule has 0 saturated carbocycles. The van der Waals surface area contributed by atoms with Crippen molar-refractivity contribution in [2.75, 3.05) is 0 Å². The van der Waals surface area contributed by atoms with Crippen LogP contribution in [0.1, 0.15) is 0 Å². The van der Waals surface area contributed by atoms with Crippen LogP contribution in [0.3, 0.4) is 0 Å². The molecule has 2 aromatic rings. The first-order valence-electron chi connectivity index (χ1n) is 4.14. The molecule has 18 heavy (non-hydrogen) atoms. The molecule has 13 heteroatoms. The average molecular weight is 292 g/mol. The normalized spacial score (nSPS) is 10.7. The molecule has 2 rings (SSSR count). The van der Waals surface area contributed by atoms with Crippen molar-refractivity contribution in [3.8, 4) is 0 Å². The molecule has 0 atom stereocenters. The second-order valence-electron chi connectivity index (χ2n) is 2.99. The first kappa shape index (κ1) is 12.2. The Morgan fingerprint density at radius 3 is 1.67 bits per heavy atom. The monoisotopic (exact) mass is 292 g/mol. The molecule has 2 N–H and O–H groups in total. The maximum absolute atomic E-state index is 11.6. The fraction of sp³-hybridized carbons (Fsp3) is 0. The minimum Gasteiger partial charge on any atom is -0.291 e. The van der Waals surface area contributed by atoms with Gasteiger partial charge in [0.2, 0.25) is 0 Å². The van der Waals surface area contributed by atoms with E-state index in [0.717, 1.165) is 0 Å². The third-order valence-electron chi connectivity index (χ3n) is 2.02. The van der Waals surface area contributed by atoms with E-state index >= 15 is 0 Å². The SMILES string of the molecule is O=c1[nH]c2[nH]c(=O)n(P(=O)=O)c2c(=O)n1P(=O)=O. The van der Waals surface area contributed by atoms with Crippen LogP contribution < -0.4 is 16.9 Å². The highest BCUT2D eigenvalue weighted by Gasteiger charge is 2.19. The van der Waals surface area contributed by atoms with Crippen molar-refractivity contribution >= 4 is 26.8 Å². The molecule has 0 aliphatic rings. The van der Waals surface area contributed by atoms with Gasteiger partial charge in [0.05, 0.1) is 0 Å². The minimum atomic E-state index is -3.60. The molecule has 0 spiro atoms. The predicted octanol–water partition coefficient (Wildman–Crippen LogP) is -0.948. The molecular formula is C5H2N4O7P2. The van der Waals surface area contributed by atoms with Gasteiger partial charge in [-0.2, -0.15) is 4.34 Å². The Labute approximate surface area is 95.8 Å². The number of imidazole rings is 1. The Balaban J connectivity index is 3.25. The van der Waals surface area contributed by atoms with Gasteiger partial charge in [-0.3, -0.25) is 14.8 Å². The first-order chi connectivity index (χ1) is 8.34. The highest BCUT2D eigenvalue weighted by Crippen LogP contribution is 2.12. The molecule has 0 aliphatic heterocycles. The number of rotatable bonds is 2. The van der Waals surface area contributed by atoms with E-state index in [1.807, 2.05) is 9.97 Å². The van der Waals surface area contributed by atoms with Gasteiger partial charge in [-0.25, -0.2) is 27.8 Å². The third-order valence-corrected chi connectivity index (χ3v) is 3.42. The predicted molar refractivity (Wildman–Crippen MR) is 54.8 cm³/mol. The van der Waals surface area contributed by atoms with Crippen LogP contribution in [0.15, 0.2) is 14.4 Å². The van der Waals surface area contributed by atoms with E-state index in [1.54, 1.807) is 0 Å². The van der Waals surface area contributed by atoms with Gasteiger partial charge in [-0.15, -0.1) is 4.34 Å². The summed E-state index contributed by atoms with van der Waals surface area (Å²) in [5.41, 5.74) is -5.16. The van der Waals surface area contributed by atoms with E-state index in [9.17, 15) is 32.6 Å². The van der Waals surface area contributed by atoms with Gasteiger partial charge in [0.25, 0.3) is 5.56 Å². The Morgan fingerprint density at radius 1 is 0.778 bits per heavy atom. The molecular weight excluding hydrogens is 290 g/mol. The van der Waals surface area contributed by atoms with Crippen molar-refractivity contribution in [1.82, 2.24) is 18.6 Å². The van der Waals surface area contributed by atoms with Crippen molar-refractivity contribution in [3.05, 3.63) is 31.3 Å². The molecule has 0 bridgehead atoms. The summed E-state index contributed by atoms with van der Waals surface area (Å²) in [6, 6.07) is 0. The summed E-state index contributed by atoms with van der Waals surface area (Å²) in [7, 11) is -7.09. The molecule has 0 radical (unpaired) electrons. The van der Waals surface area contributed by atoms with Crippen LogP contribution in [0.2, 0.25) is 0 Å². The number of fused-ring (bicyclic) bond motifs is 1. The number of nitrogens with one attached hydrogen (secondary N) is 2. The largest absolute Gasteiger partial charge is 0.438 e. The standard InChI is InChI=1S/C5H2N4O7P2/c10-3-1-2(6-4(11)8(1)17(13)14)7-5(12)9(3)18(15)16/h(H,6,11)(H,7,12). The number of H-pyrrole nitrogens is 2. The number of nitrogens with zero attached hydrogens (tertiary/aromatic N) is 2. The summed E-state index contributed by atoms with van der Waals surface area (Å²) in [5.74, 6) is 0. The van der Waals surface area contributed by atoms with Crippen molar-refractivity contribution in [3.63, 3.8) is 0 Å². The highest BCUT2D eigenvalue weighted by atomic mass is 31.1. The summed E-state index contributed by atoms with van der Waals surface area (Å²) in [6.07, 6.45) is 0. The van der Waals surface area contributed by atoms with Crippen molar-refractivity contribution in [1.29, 1.82) is 0 Å². The van der Waals surface area contributed by atoms with Crippen LogP contribution in [0.4, 0.5) is 0 Å². The number of aromatic nitrogens is 4. The van der Waals surface area contributed by atoms with Crippen LogP contribution >= 0.6 is 15.7 Å². The lowest BCUT2D eigenvalue weighted by atomic mass is 10.5. The zero-order chi connectivity index (χ0) is 13.6. The molecule has 11 nitrogen and oxygen atoms in total. The summed E-state index contributed by atoms with van der Waals surface area (Å²) in [4.78, 5) is 37.9. The van der Waals surface area contributed by atoms with E-state index in [2.05, 4.69) is 0 Å². The maximum Gasteiger partial charge on any atom is 0.438 e. The summed E-state index contributed by atoms with van der Waals surface area (Å²) in [6.45, 7) is 0. The van der Waals surface area contributed by atoms with E-state index < -0.39 is 43.8 Å². The quantitative estimate of drug-likeness (QED) is 0.674. The van der Waals surface area contributed by atoms with Gasteiger partial charge in [-0.05, 0) is 0 Å². The Hall–Kier alpha value is -2.25. The summed E-state index contributed by atoms with van der Waals surface area (Å²) >= 11 is 0. The lowest BCUT2D eigenvalue weighted by Crippen LogP contribution is -2.30. The Morgan fingerprint density at radius 2 is 1.22 bits per heavy atom. The van der Waals surface area contributed by atoms with Gasteiger partial charge in [0.15, 0.2) is 5.52 Å². The second-order valence-corrected chi connectivity index (χ2v) is 4.74. The van der Waals surface area contributed by atoms with Gasteiger partial charge in [0.1, 0.15) is 5.65 Å².